The van der Waals surface area contributed by atoms with Crippen LogP contribution in [0.15, 0.2) is 83.6 Å². The number of hydrogen-bond acceptors (Lipinski definition) is 5. The van der Waals surface area contributed by atoms with Crippen molar-refractivity contribution >= 4 is 11.3 Å². The van der Waals surface area contributed by atoms with E-state index in [1.807, 2.05) is 66.0 Å². The second-order valence-electron chi connectivity index (χ2n) is 7.07. The molecule has 1 unspecified atom stereocenters. The van der Waals surface area contributed by atoms with Gasteiger partial charge in [0.25, 0.3) is 0 Å². The summed E-state index contributed by atoms with van der Waals surface area (Å²) in [5, 5.41) is 16.9. The average Bonchev–Trinajstić information content (AvgIpc) is 3.37. The van der Waals surface area contributed by atoms with Gasteiger partial charge < -0.3 is 10.5 Å². The highest BCUT2D eigenvalue weighted by Gasteiger charge is 2.38. The van der Waals surface area contributed by atoms with Gasteiger partial charge in [0.15, 0.2) is 0 Å². The summed E-state index contributed by atoms with van der Waals surface area (Å²) >= 11 is 1.62. The van der Waals surface area contributed by atoms with Crippen LogP contribution in [-0.4, -0.2) is 9.78 Å². The first kappa shape index (κ1) is 18.2. The lowest BCUT2D eigenvalue weighted by Crippen LogP contribution is -2.22. The minimum Gasteiger partial charge on any atom is -0.422 e. The highest BCUT2D eigenvalue weighted by Crippen LogP contribution is 2.49. The van der Waals surface area contributed by atoms with Gasteiger partial charge in [-0.3, -0.25) is 0 Å². The lowest BCUT2D eigenvalue weighted by atomic mass is 9.86. The van der Waals surface area contributed by atoms with Crippen LogP contribution in [0.1, 0.15) is 21.9 Å². The maximum absolute atomic E-state index is 9.94. The van der Waals surface area contributed by atoms with Crippen molar-refractivity contribution < 1.29 is 4.74 Å². The molecule has 1 aliphatic rings. The maximum atomic E-state index is 9.94. The van der Waals surface area contributed by atoms with Crippen LogP contribution in [0.3, 0.4) is 0 Å². The molecule has 2 aromatic heterocycles. The summed E-state index contributed by atoms with van der Waals surface area (Å²) in [6.45, 7) is 2.05. The van der Waals surface area contributed by atoms with Crippen molar-refractivity contribution in [3.8, 4) is 28.9 Å². The molecular weight excluding hydrogens is 392 g/mol. The smallest absolute Gasteiger partial charge is 0.229 e. The number of para-hydroxylation sites is 1. The van der Waals surface area contributed by atoms with Crippen molar-refractivity contribution in [1.29, 1.82) is 5.26 Å². The van der Waals surface area contributed by atoms with Crippen molar-refractivity contribution in [3.63, 3.8) is 0 Å². The van der Waals surface area contributed by atoms with E-state index < -0.39 is 0 Å². The average molecular weight is 411 g/mol. The summed E-state index contributed by atoms with van der Waals surface area (Å²) in [7, 11) is 0. The van der Waals surface area contributed by atoms with Gasteiger partial charge in [-0.05, 0) is 36.1 Å². The Hall–Kier alpha value is -3.82. The fourth-order valence-electron chi connectivity index (χ4n) is 3.83. The van der Waals surface area contributed by atoms with E-state index in [1.54, 1.807) is 16.0 Å². The number of thiophene rings is 1. The number of fused-ring (bicyclic) bond motifs is 1. The quantitative estimate of drug-likeness (QED) is 0.508. The first-order chi connectivity index (χ1) is 14.7. The Morgan fingerprint density at radius 3 is 2.40 bits per heavy atom. The van der Waals surface area contributed by atoms with Gasteiger partial charge in [0, 0.05) is 10.4 Å². The largest absolute Gasteiger partial charge is 0.422 e. The molecule has 1 atom stereocenters. The summed E-state index contributed by atoms with van der Waals surface area (Å²) in [5.74, 6) is 0.347. The molecule has 6 heteroatoms. The van der Waals surface area contributed by atoms with Gasteiger partial charge in [-0.15, -0.1) is 11.3 Å². The molecule has 146 valence electrons. The number of rotatable bonds is 3. The van der Waals surface area contributed by atoms with Crippen molar-refractivity contribution in [2.75, 3.05) is 0 Å². The zero-order valence-electron chi connectivity index (χ0n) is 16.2. The molecule has 1 aliphatic heterocycles. The summed E-state index contributed by atoms with van der Waals surface area (Å²) in [6.07, 6.45) is 0. The van der Waals surface area contributed by atoms with Crippen LogP contribution < -0.4 is 10.5 Å². The Labute approximate surface area is 178 Å². The van der Waals surface area contributed by atoms with Gasteiger partial charge in [0.1, 0.15) is 17.3 Å². The lowest BCUT2D eigenvalue weighted by molar-refractivity contribution is 0.367. The highest BCUT2D eigenvalue weighted by molar-refractivity contribution is 7.10. The van der Waals surface area contributed by atoms with Crippen LogP contribution >= 0.6 is 11.3 Å². The van der Waals surface area contributed by atoms with Crippen molar-refractivity contribution in [1.82, 2.24) is 9.78 Å². The summed E-state index contributed by atoms with van der Waals surface area (Å²) < 4.78 is 7.80. The first-order valence-corrected chi connectivity index (χ1v) is 10.4. The molecule has 3 heterocycles. The van der Waals surface area contributed by atoms with Crippen molar-refractivity contribution in [2.24, 2.45) is 5.73 Å². The normalized spacial score (nSPS) is 15.4. The molecule has 0 radical (unpaired) electrons. The highest BCUT2D eigenvalue weighted by atomic mass is 32.1. The minimum absolute atomic E-state index is 0.125. The fraction of sp³-hybridized carbons (Fsp3) is 0.0833. The molecule has 2 aromatic carbocycles. The van der Waals surface area contributed by atoms with Gasteiger partial charge in [-0.2, -0.15) is 15.0 Å². The Morgan fingerprint density at radius 1 is 1.07 bits per heavy atom. The van der Waals surface area contributed by atoms with Crippen molar-refractivity contribution in [3.05, 3.63) is 99.6 Å². The zero-order chi connectivity index (χ0) is 20.7. The van der Waals surface area contributed by atoms with E-state index in [4.69, 9.17) is 15.6 Å². The number of benzene rings is 2. The SMILES string of the molecule is Cc1ccsc1C1C(C#N)=C(N)Oc2c1c(-c1ccccc1)nn2-c1ccccc1. The second-order valence-corrected chi connectivity index (χ2v) is 8.02. The number of aromatic nitrogens is 2. The van der Waals surface area contributed by atoms with Gasteiger partial charge >= 0.3 is 0 Å². The minimum atomic E-state index is -0.327. The Bertz CT molecular complexity index is 1300. The fourth-order valence-corrected chi connectivity index (χ4v) is 4.88. The number of ether oxygens (including phenoxy) is 1. The zero-order valence-corrected chi connectivity index (χ0v) is 17.1. The van der Waals surface area contributed by atoms with E-state index in [9.17, 15) is 5.26 Å². The lowest BCUT2D eigenvalue weighted by Gasteiger charge is -2.24. The van der Waals surface area contributed by atoms with Crippen LogP contribution in [-0.2, 0) is 0 Å². The van der Waals surface area contributed by atoms with Gasteiger partial charge in [-0.25, -0.2) is 0 Å². The number of hydrogen-bond donors (Lipinski definition) is 1. The van der Waals surface area contributed by atoms with E-state index in [2.05, 4.69) is 19.1 Å². The summed E-state index contributed by atoms with van der Waals surface area (Å²) in [4.78, 5) is 1.07. The monoisotopic (exact) mass is 410 g/mol. The molecule has 2 N–H and O–H groups in total. The third-order valence-corrected chi connectivity index (χ3v) is 6.34. The topological polar surface area (TPSA) is 76.9 Å². The van der Waals surface area contributed by atoms with E-state index >= 15 is 0 Å². The Kier molecular flexibility index (Phi) is 4.38. The third kappa shape index (κ3) is 2.79. The molecule has 0 spiro atoms. The summed E-state index contributed by atoms with van der Waals surface area (Å²) in [5.41, 5.74) is 11.3. The van der Waals surface area contributed by atoms with Gasteiger partial charge in [-0.1, -0.05) is 48.5 Å². The second kappa shape index (κ2) is 7.21. The molecular formula is C24H18N4OS. The molecule has 0 aliphatic carbocycles. The number of nitriles is 1. The number of nitrogens with zero attached hydrogens (tertiary/aromatic N) is 3. The molecule has 30 heavy (non-hydrogen) atoms. The number of aryl methyl sites for hydroxylation is 1. The van der Waals surface area contributed by atoms with E-state index in [0.717, 1.165) is 32.9 Å². The Balaban J connectivity index is 1.85. The van der Waals surface area contributed by atoms with Crippen LogP contribution in [0.25, 0.3) is 16.9 Å². The predicted molar refractivity (Wildman–Crippen MR) is 117 cm³/mol. The molecule has 0 bridgehead atoms. The van der Waals surface area contributed by atoms with Crippen LogP contribution in [0.4, 0.5) is 0 Å². The predicted octanol–water partition coefficient (Wildman–Crippen LogP) is 5.13. The first-order valence-electron chi connectivity index (χ1n) is 9.54. The van der Waals surface area contributed by atoms with Crippen LogP contribution in [0.5, 0.6) is 5.88 Å². The maximum Gasteiger partial charge on any atom is 0.229 e. The van der Waals surface area contributed by atoms with Crippen LogP contribution in [0.2, 0.25) is 0 Å². The van der Waals surface area contributed by atoms with E-state index in [0.29, 0.717) is 11.5 Å². The summed E-state index contributed by atoms with van der Waals surface area (Å²) in [6, 6.07) is 24.1. The Morgan fingerprint density at radius 2 is 1.77 bits per heavy atom. The van der Waals surface area contributed by atoms with Crippen molar-refractivity contribution in [2.45, 2.75) is 12.8 Å². The molecule has 0 amide bonds. The van der Waals surface area contributed by atoms with Gasteiger partial charge in [0.2, 0.25) is 11.8 Å². The van der Waals surface area contributed by atoms with Crippen LogP contribution in [0, 0.1) is 18.3 Å². The molecule has 0 saturated heterocycles. The number of allylic oxidation sites excluding steroid dienone is 1. The molecule has 0 fully saturated rings. The van der Waals surface area contributed by atoms with E-state index in [1.165, 1.54) is 0 Å². The third-order valence-electron chi connectivity index (χ3n) is 5.26. The standard InChI is InChI=1S/C24H18N4OS/c1-15-12-13-30-22(15)19-18(14-25)23(26)29-24-20(19)21(16-8-4-2-5-9-16)27-28(24)17-10-6-3-7-11-17/h2-13,19H,26H2,1H3. The molecule has 5 rings (SSSR count). The molecule has 0 saturated carbocycles. The van der Waals surface area contributed by atoms with E-state index in [-0.39, 0.29) is 11.8 Å². The van der Waals surface area contributed by atoms with Gasteiger partial charge in [0.05, 0.1) is 17.2 Å². The molecule has 5 nitrogen and oxygen atoms in total. The molecule has 4 aromatic rings. The number of nitrogens with two attached hydrogens (primary N) is 1.